The SMILES string of the molecule is CC(C)C(N=[N+]=[N-])c1ncccc1Cc1ccccc1. The summed E-state index contributed by atoms with van der Waals surface area (Å²) in [7, 11) is 0. The van der Waals surface area contributed by atoms with Crippen molar-refractivity contribution in [2.75, 3.05) is 0 Å². The fraction of sp³-hybridized carbons (Fsp3) is 0.312. The third-order valence-electron chi connectivity index (χ3n) is 3.25. The molecule has 4 nitrogen and oxygen atoms in total. The Balaban J connectivity index is 2.37. The van der Waals surface area contributed by atoms with Crippen LogP contribution in [0.1, 0.15) is 36.7 Å². The fourth-order valence-electron chi connectivity index (χ4n) is 2.24. The molecule has 0 radical (unpaired) electrons. The molecule has 0 saturated heterocycles. The van der Waals surface area contributed by atoms with Crippen LogP contribution in [0.5, 0.6) is 0 Å². The predicted octanol–water partition coefficient (Wildman–Crippen LogP) is 4.68. The van der Waals surface area contributed by atoms with Crippen molar-refractivity contribution in [1.29, 1.82) is 0 Å². The first-order chi connectivity index (χ1) is 9.72. The van der Waals surface area contributed by atoms with Gasteiger partial charge in [0, 0.05) is 11.1 Å². The maximum absolute atomic E-state index is 8.76. The van der Waals surface area contributed by atoms with Gasteiger partial charge >= 0.3 is 0 Å². The molecule has 0 bridgehead atoms. The molecule has 1 heterocycles. The molecule has 20 heavy (non-hydrogen) atoms. The molecule has 1 atom stereocenters. The van der Waals surface area contributed by atoms with E-state index in [4.69, 9.17) is 5.53 Å². The molecule has 0 N–H and O–H groups in total. The topological polar surface area (TPSA) is 61.7 Å². The van der Waals surface area contributed by atoms with Crippen molar-refractivity contribution in [3.63, 3.8) is 0 Å². The lowest BCUT2D eigenvalue weighted by Gasteiger charge is -2.18. The summed E-state index contributed by atoms with van der Waals surface area (Å²) in [5, 5.41) is 3.91. The van der Waals surface area contributed by atoms with Crippen molar-refractivity contribution in [3.8, 4) is 0 Å². The number of nitrogens with zero attached hydrogens (tertiary/aromatic N) is 4. The number of hydrogen-bond acceptors (Lipinski definition) is 2. The summed E-state index contributed by atoms with van der Waals surface area (Å²) in [6, 6.07) is 14.0. The van der Waals surface area contributed by atoms with Crippen LogP contribution in [0, 0.1) is 5.92 Å². The smallest absolute Gasteiger partial charge is 0.0823 e. The zero-order valence-electron chi connectivity index (χ0n) is 11.8. The van der Waals surface area contributed by atoms with E-state index in [0.29, 0.717) is 0 Å². The minimum absolute atomic E-state index is 0.218. The Morgan fingerprint density at radius 3 is 2.55 bits per heavy atom. The van der Waals surface area contributed by atoms with Crippen molar-refractivity contribution in [3.05, 3.63) is 75.9 Å². The average Bonchev–Trinajstić information content (AvgIpc) is 2.46. The number of azide groups is 1. The number of rotatable bonds is 5. The Morgan fingerprint density at radius 1 is 1.15 bits per heavy atom. The van der Waals surface area contributed by atoms with Crippen LogP contribution in [0.25, 0.3) is 10.4 Å². The molecule has 0 saturated carbocycles. The average molecular weight is 266 g/mol. The van der Waals surface area contributed by atoms with Crippen LogP contribution in [0.4, 0.5) is 0 Å². The van der Waals surface area contributed by atoms with Crippen LogP contribution in [0.2, 0.25) is 0 Å². The van der Waals surface area contributed by atoms with Gasteiger partial charge in [0.25, 0.3) is 0 Å². The molecular formula is C16H18N4. The van der Waals surface area contributed by atoms with E-state index < -0.39 is 0 Å². The van der Waals surface area contributed by atoms with E-state index in [1.807, 2.05) is 38.1 Å². The monoisotopic (exact) mass is 266 g/mol. The molecule has 2 rings (SSSR count). The molecular weight excluding hydrogens is 248 g/mol. The second-order valence-corrected chi connectivity index (χ2v) is 5.10. The molecule has 0 amide bonds. The second-order valence-electron chi connectivity index (χ2n) is 5.10. The molecule has 1 aromatic carbocycles. The van der Waals surface area contributed by atoms with Crippen LogP contribution in [-0.4, -0.2) is 4.98 Å². The molecule has 0 aliphatic rings. The van der Waals surface area contributed by atoms with Crippen LogP contribution in [-0.2, 0) is 6.42 Å². The van der Waals surface area contributed by atoms with Gasteiger partial charge in [-0.05, 0) is 35.1 Å². The summed E-state index contributed by atoms with van der Waals surface area (Å²) >= 11 is 0. The van der Waals surface area contributed by atoms with E-state index in [-0.39, 0.29) is 12.0 Å². The molecule has 0 fully saturated rings. The van der Waals surface area contributed by atoms with Gasteiger partial charge in [-0.1, -0.05) is 55.4 Å². The third kappa shape index (κ3) is 3.37. The molecule has 0 aliphatic heterocycles. The highest BCUT2D eigenvalue weighted by Gasteiger charge is 2.18. The van der Waals surface area contributed by atoms with Gasteiger partial charge < -0.3 is 0 Å². The maximum atomic E-state index is 8.76. The van der Waals surface area contributed by atoms with Crippen LogP contribution in [0.3, 0.4) is 0 Å². The van der Waals surface area contributed by atoms with E-state index in [9.17, 15) is 0 Å². The second kappa shape index (κ2) is 6.73. The highest BCUT2D eigenvalue weighted by molar-refractivity contribution is 5.30. The lowest BCUT2D eigenvalue weighted by Crippen LogP contribution is -2.09. The van der Waals surface area contributed by atoms with Gasteiger partial charge in [-0.15, -0.1) is 0 Å². The number of aromatic nitrogens is 1. The largest absolute Gasteiger partial charge is 0.261 e. The molecule has 4 heteroatoms. The highest BCUT2D eigenvalue weighted by Crippen LogP contribution is 2.28. The first-order valence-electron chi connectivity index (χ1n) is 6.74. The van der Waals surface area contributed by atoms with Gasteiger partial charge in [-0.25, -0.2) is 0 Å². The summed E-state index contributed by atoms with van der Waals surface area (Å²) in [6.45, 7) is 4.08. The van der Waals surface area contributed by atoms with Crippen molar-refractivity contribution in [2.45, 2.75) is 26.3 Å². The number of benzene rings is 1. The van der Waals surface area contributed by atoms with Crippen molar-refractivity contribution >= 4 is 0 Å². The zero-order valence-corrected chi connectivity index (χ0v) is 11.8. The maximum Gasteiger partial charge on any atom is 0.0823 e. The van der Waals surface area contributed by atoms with Gasteiger partial charge in [0.05, 0.1) is 11.7 Å². The lowest BCUT2D eigenvalue weighted by molar-refractivity contribution is 0.498. The quantitative estimate of drug-likeness (QED) is 0.440. The van der Waals surface area contributed by atoms with Gasteiger partial charge in [0.15, 0.2) is 0 Å². The Morgan fingerprint density at radius 2 is 1.90 bits per heavy atom. The minimum atomic E-state index is -0.222. The summed E-state index contributed by atoms with van der Waals surface area (Å²) in [4.78, 5) is 7.42. The summed E-state index contributed by atoms with van der Waals surface area (Å²) < 4.78 is 0. The van der Waals surface area contributed by atoms with E-state index in [2.05, 4.69) is 33.2 Å². The molecule has 102 valence electrons. The summed E-state index contributed by atoms with van der Waals surface area (Å²) in [5.41, 5.74) is 12.0. The lowest BCUT2D eigenvalue weighted by atomic mass is 9.94. The number of pyridine rings is 1. The molecule has 0 aliphatic carbocycles. The van der Waals surface area contributed by atoms with E-state index in [1.54, 1.807) is 6.20 Å². The Hall–Kier alpha value is -2.32. The van der Waals surface area contributed by atoms with Gasteiger partial charge in [-0.2, -0.15) is 0 Å². The van der Waals surface area contributed by atoms with Crippen molar-refractivity contribution < 1.29 is 0 Å². The zero-order chi connectivity index (χ0) is 14.4. The fourth-order valence-corrected chi connectivity index (χ4v) is 2.24. The standard InChI is InChI=1S/C16H18N4/c1-12(2)15(19-20-17)16-14(9-6-10-18-16)11-13-7-4-3-5-8-13/h3-10,12,15H,11H2,1-2H3. The highest BCUT2D eigenvalue weighted by atomic mass is 15.2. The third-order valence-corrected chi connectivity index (χ3v) is 3.25. The van der Waals surface area contributed by atoms with Crippen LogP contribution >= 0.6 is 0 Å². The van der Waals surface area contributed by atoms with Crippen LogP contribution in [0.15, 0.2) is 53.8 Å². The molecule has 1 aromatic heterocycles. The summed E-state index contributed by atoms with van der Waals surface area (Å²) in [6.07, 6.45) is 2.56. The van der Waals surface area contributed by atoms with E-state index >= 15 is 0 Å². The Labute approximate surface area is 119 Å². The van der Waals surface area contributed by atoms with Gasteiger partial charge in [0.1, 0.15) is 0 Å². The summed E-state index contributed by atoms with van der Waals surface area (Å²) in [5.74, 6) is 0.218. The number of hydrogen-bond donors (Lipinski definition) is 0. The van der Waals surface area contributed by atoms with E-state index in [1.165, 1.54) is 5.56 Å². The first kappa shape index (κ1) is 14.1. The molecule has 2 aromatic rings. The van der Waals surface area contributed by atoms with Crippen LogP contribution < -0.4 is 0 Å². The first-order valence-corrected chi connectivity index (χ1v) is 6.74. The Bertz CT molecular complexity index is 601. The molecule has 1 unspecified atom stereocenters. The van der Waals surface area contributed by atoms with E-state index in [0.717, 1.165) is 17.7 Å². The van der Waals surface area contributed by atoms with Gasteiger partial charge in [0.2, 0.25) is 0 Å². The minimum Gasteiger partial charge on any atom is -0.261 e. The normalized spacial score (nSPS) is 11.9. The van der Waals surface area contributed by atoms with Crippen molar-refractivity contribution in [2.24, 2.45) is 11.0 Å². The molecule has 0 spiro atoms. The van der Waals surface area contributed by atoms with Crippen molar-refractivity contribution in [1.82, 2.24) is 4.98 Å². The predicted molar refractivity (Wildman–Crippen MR) is 80.2 cm³/mol. The Kier molecular flexibility index (Phi) is 4.75. The van der Waals surface area contributed by atoms with Gasteiger partial charge in [-0.3, -0.25) is 4.98 Å².